The number of carbonyl (C=O) groups excluding carboxylic acids is 1. The maximum Gasteiger partial charge on any atom is 0.338 e. The van der Waals surface area contributed by atoms with Crippen molar-refractivity contribution in [2.24, 2.45) is 0 Å². The van der Waals surface area contributed by atoms with Crippen LogP contribution in [0.25, 0.3) is 0 Å². The molecule has 1 unspecified atom stereocenters. The molecule has 10 heteroatoms. The molecule has 32 heavy (non-hydrogen) atoms. The second-order valence-corrected chi connectivity index (χ2v) is 9.26. The lowest BCUT2D eigenvalue weighted by Gasteiger charge is -2.30. The van der Waals surface area contributed by atoms with Crippen molar-refractivity contribution in [3.05, 3.63) is 95.4 Å². The predicted octanol–water partition coefficient (Wildman–Crippen LogP) is 7.89. The van der Waals surface area contributed by atoms with Crippen LogP contribution in [0.1, 0.15) is 16.7 Å². The van der Waals surface area contributed by atoms with E-state index in [2.05, 4.69) is 0 Å². The number of carboxylic acid groups (broad SMARTS) is 1. The molecule has 0 fully saturated rings. The fraction of sp³-hybridized carbons (Fsp3) is 0.0909. The molecule has 0 spiro atoms. The topological polar surface area (TPSA) is 63.6 Å². The van der Waals surface area contributed by atoms with E-state index in [1.165, 1.54) is 36.4 Å². The van der Waals surface area contributed by atoms with Gasteiger partial charge in [0.2, 0.25) is 5.41 Å². The van der Waals surface area contributed by atoms with Crippen molar-refractivity contribution in [2.45, 2.75) is 12.3 Å². The van der Waals surface area contributed by atoms with Crippen LogP contribution in [-0.4, -0.2) is 17.0 Å². The highest BCUT2D eigenvalue weighted by molar-refractivity contribution is 6.41. The summed E-state index contributed by atoms with van der Waals surface area (Å²) < 4.78 is 5.45. The minimum absolute atomic E-state index is 0.0577. The van der Waals surface area contributed by atoms with Crippen molar-refractivity contribution in [1.29, 1.82) is 0 Å². The van der Waals surface area contributed by atoms with Crippen LogP contribution in [0.5, 0.6) is 5.75 Å². The molecule has 0 aliphatic rings. The second kappa shape index (κ2) is 9.68. The van der Waals surface area contributed by atoms with E-state index in [1.807, 2.05) is 0 Å². The fourth-order valence-electron chi connectivity index (χ4n) is 3.26. The van der Waals surface area contributed by atoms with E-state index in [1.54, 1.807) is 19.1 Å². The molecule has 3 aromatic carbocycles. The average Bonchev–Trinajstić information content (AvgIpc) is 2.66. The van der Waals surface area contributed by atoms with E-state index in [0.717, 1.165) is 0 Å². The van der Waals surface area contributed by atoms with E-state index in [9.17, 15) is 14.7 Å². The Morgan fingerprint density at radius 2 is 1.31 bits per heavy atom. The van der Waals surface area contributed by atoms with Crippen molar-refractivity contribution >= 4 is 81.5 Å². The Morgan fingerprint density at radius 3 is 1.78 bits per heavy atom. The number of hydrogen-bond donors (Lipinski definition) is 1. The highest BCUT2D eigenvalue weighted by Gasteiger charge is 2.54. The molecule has 0 bridgehead atoms. The molecule has 0 aliphatic heterocycles. The summed E-state index contributed by atoms with van der Waals surface area (Å²) in [6.45, 7) is 1.74. The zero-order valence-corrected chi connectivity index (χ0v) is 20.6. The standard InChI is InChI=1S/C22H12Cl6O4/c1-10-3-2-4-11(5-10)22(20(29)30,18-14(25)6-12(23)7-15(18)26)21(31)32-19-16(27)8-13(24)9-17(19)28/h2-9H,1H3,(H,29,30). The Bertz CT molecular complexity index is 1200. The average molecular weight is 553 g/mol. The van der Waals surface area contributed by atoms with Gasteiger partial charge in [0.05, 0.1) is 10.0 Å². The van der Waals surface area contributed by atoms with Crippen LogP contribution in [0, 0.1) is 6.92 Å². The number of aryl methyl sites for hydroxylation is 1. The number of hydrogen-bond acceptors (Lipinski definition) is 3. The molecule has 166 valence electrons. The highest BCUT2D eigenvalue weighted by atomic mass is 35.5. The first-order chi connectivity index (χ1) is 15.0. The van der Waals surface area contributed by atoms with Gasteiger partial charge in [-0.1, -0.05) is 99.4 Å². The van der Waals surface area contributed by atoms with Gasteiger partial charge in [-0.3, -0.25) is 4.79 Å². The van der Waals surface area contributed by atoms with Gasteiger partial charge in [0, 0.05) is 25.7 Å². The number of carboxylic acids is 1. The third-order valence-corrected chi connectivity index (χ3v) is 6.21. The van der Waals surface area contributed by atoms with Gasteiger partial charge in [-0.15, -0.1) is 0 Å². The molecule has 0 radical (unpaired) electrons. The van der Waals surface area contributed by atoms with E-state index in [-0.39, 0.29) is 47.0 Å². The summed E-state index contributed by atoms with van der Waals surface area (Å²) in [5.74, 6) is -3.09. The first-order valence-corrected chi connectivity index (χ1v) is 11.1. The van der Waals surface area contributed by atoms with Gasteiger partial charge in [0.15, 0.2) is 5.75 Å². The number of benzene rings is 3. The third-order valence-electron chi connectivity index (χ3n) is 4.62. The van der Waals surface area contributed by atoms with Gasteiger partial charge in [0.1, 0.15) is 0 Å². The van der Waals surface area contributed by atoms with E-state index < -0.39 is 17.4 Å². The first kappa shape index (κ1) is 25.0. The molecule has 0 heterocycles. The van der Waals surface area contributed by atoms with Crippen molar-refractivity contribution in [3.63, 3.8) is 0 Å². The van der Waals surface area contributed by atoms with Crippen LogP contribution in [-0.2, 0) is 15.0 Å². The third kappa shape index (κ3) is 4.54. The van der Waals surface area contributed by atoms with Gasteiger partial charge in [0.25, 0.3) is 0 Å². The zero-order valence-electron chi connectivity index (χ0n) is 16.1. The van der Waals surface area contributed by atoms with Crippen molar-refractivity contribution in [2.75, 3.05) is 0 Å². The summed E-state index contributed by atoms with van der Waals surface area (Å²) >= 11 is 37.0. The lowest BCUT2D eigenvalue weighted by atomic mass is 9.74. The zero-order chi connectivity index (χ0) is 23.8. The van der Waals surface area contributed by atoms with E-state index >= 15 is 0 Å². The summed E-state index contributed by atoms with van der Waals surface area (Å²) in [6.07, 6.45) is 0. The molecule has 0 aliphatic carbocycles. The molecule has 0 aromatic heterocycles. The van der Waals surface area contributed by atoms with Gasteiger partial charge >= 0.3 is 11.9 Å². The van der Waals surface area contributed by atoms with E-state index in [0.29, 0.717) is 5.56 Å². The van der Waals surface area contributed by atoms with Crippen LogP contribution in [0.4, 0.5) is 0 Å². The smallest absolute Gasteiger partial charge is 0.338 e. The number of esters is 1. The molecule has 0 saturated carbocycles. The predicted molar refractivity (Wildman–Crippen MR) is 128 cm³/mol. The van der Waals surface area contributed by atoms with Crippen LogP contribution >= 0.6 is 69.6 Å². The quantitative estimate of drug-likeness (QED) is 0.198. The Balaban J connectivity index is 2.35. The van der Waals surface area contributed by atoms with Gasteiger partial charge < -0.3 is 9.84 Å². The van der Waals surface area contributed by atoms with Gasteiger partial charge in [-0.2, -0.15) is 0 Å². The molecule has 3 rings (SSSR count). The lowest BCUT2D eigenvalue weighted by molar-refractivity contribution is -0.153. The molecule has 4 nitrogen and oxygen atoms in total. The monoisotopic (exact) mass is 550 g/mol. The number of halogens is 6. The van der Waals surface area contributed by atoms with Gasteiger partial charge in [-0.25, -0.2) is 4.79 Å². The van der Waals surface area contributed by atoms with Crippen LogP contribution in [0.2, 0.25) is 30.1 Å². The number of carbonyl (C=O) groups is 2. The Hall–Kier alpha value is -1.66. The van der Waals surface area contributed by atoms with Crippen LogP contribution in [0.15, 0.2) is 48.5 Å². The Kier molecular flexibility index (Phi) is 7.55. The molecule has 3 aromatic rings. The number of aliphatic carboxylic acids is 1. The molecular weight excluding hydrogens is 541 g/mol. The molecule has 1 N–H and O–H groups in total. The number of ether oxygens (including phenoxy) is 1. The van der Waals surface area contributed by atoms with Crippen molar-refractivity contribution < 1.29 is 19.4 Å². The molecular formula is C22H12Cl6O4. The SMILES string of the molecule is Cc1cccc(C(C(=O)O)(C(=O)Oc2c(Cl)cc(Cl)cc2Cl)c2c(Cl)cc(Cl)cc2Cl)c1. The minimum Gasteiger partial charge on any atom is -0.480 e. The Morgan fingerprint density at radius 1 is 0.812 bits per heavy atom. The number of rotatable bonds is 5. The normalized spacial score (nSPS) is 12.8. The molecule has 0 amide bonds. The summed E-state index contributed by atoms with van der Waals surface area (Å²) in [5.41, 5.74) is -1.95. The summed E-state index contributed by atoms with van der Waals surface area (Å²) in [6, 6.07) is 11.5. The summed E-state index contributed by atoms with van der Waals surface area (Å²) in [4.78, 5) is 26.5. The Labute approximate surface area is 213 Å². The van der Waals surface area contributed by atoms with Crippen molar-refractivity contribution in [1.82, 2.24) is 0 Å². The van der Waals surface area contributed by atoms with Crippen LogP contribution in [0.3, 0.4) is 0 Å². The molecule has 0 saturated heterocycles. The maximum atomic E-state index is 13.7. The maximum absolute atomic E-state index is 13.7. The van der Waals surface area contributed by atoms with Crippen molar-refractivity contribution in [3.8, 4) is 5.75 Å². The fourth-order valence-corrected chi connectivity index (χ4v) is 5.25. The summed E-state index contributed by atoms with van der Waals surface area (Å²) in [7, 11) is 0. The largest absolute Gasteiger partial charge is 0.480 e. The second-order valence-electron chi connectivity index (χ2n) is 6.76. The van der Waals surface area contributed by atoms with Gasteiger partial charge in [-0.05, 0) is 36.8 Å². The first-order valence-electron chi connectivity index (χ1n) is 8.80. The van der Waals surface area contributed by atoms with E-state index in [4.69, 9.17) is 74.3 Å². The summed E-state index contributed by atoms with van der Waals surface area (Å²) in [5, 5.41) is 10.3. The lowest BCUT2D eigenvalue weighted by Crippen LogP contribution is -2.48. The minimum atomic E-state index is -2.48. The molecule has 1 atom stereocenters. The van der Waals surface area contributed by atoms with Crippen LogP contribution < -0.4 is 4.74 Å². The highest BCUT2D eigenvalue weighted by Crippen LogP contribution is 2.45.